The van der Waals surface area contributed by atoms with Crippen molar-refractivity contribution in [1.29, 1.82) is 0 Å². The summed E-state index contributed by atoms with van der Waals surface area (Å²) in [5.74, 6) is -1.25. The Hall–Kier alpha value is -2.62. The first-order chi connectivity index (χ1) is 11.5. The summed E-state index contributed by atoms with van der Waals surface area (Å²) in [7, 11) is 0. The van der Waals surface area contributed by atoms with E-state index in [0.29, 0.717) is 6.42 Å². The molecule has 0 aromatic heterocycles. The Labute approximate surface area is 142 Å². The highest BCUT2D eigenvalue weighted by atomic mass is 16.4. The fourth-order valence-corrected chi connectivity index (χ4v) is 2.69. The zero-order valence-corrected chi connectivity index (χ0v) is 14.1. The van der Waals surface area contributed by atoms with Crippen LogP contribution >= 0.6 is 0 Å². The third-order valence-electron chi connectivity index (χ3n) is 4.04. The van der Waals surface area contributed by atoms with Gasteiger partial charge >= 0.3 is 5.97 Å². The van der Waals surface area contributed by atoms with Gasteiger partial charge in [-0.05, 0) is 37.0 Å². The van der Waals surface area contributed by atoms with Crippen LogP contribution in [0.5, 0.6) is 0 Å². The van der Waals surface area contributed by atoms with Crippen molar-refractivity contribution in [3.8, 4) is 0 Å². The number of carbonyl (C=O) groups is 2. The van der Waals surface area contributed by atoms with Crippen LogP contribution < -0.4 is 5.32 Å². The van der Waals surface area contributed by atoms with Gasteiger partial charge in [0.05, 0.1) is 0 Å². The number of amides is 1. The molecule has 2 N–H and O–H groups in total. The average molecular weight is 325 g/mol. The van der Waals surface area contributed by atoms with Crippen molar-refractivity contribution in [2.24, 2.45) is 0 Å². The van der Waals surface area contributed by atoms with Crippen molar-refractivity contribution in [1.82, 2.24) is 5.32 Å². The third kappa shape index (κ3) is 5.23. The van der Waals surface area contributed by atoms with Gasteiger partial charge in [-0.3, -0.25) is 4.79 Å². The third-order valence-corrected chi connectivity index (χ3v) is 4.04. The fourth-order valence-electron chi connectivity index (χ4n) is 2.69. The second kappa shape index (κ2) is 8.29. The predicted molar refractivity (Wildman–Crippen MR) is 93.9 cm³/mol. The summed E-state index contributed by atoms with van der Waals surface area (Å²) in [5.41, 5.74) is 4.35. The van der Waals surface area contributed by atoms with E-state index in [4.69, 9.17) is 0 Å². The van der Waals surface area contributed by atoms with Gasteiger partial charge in [0, 0.05) is 12.8 Å². The number of benzene rings is 2. The Morgan fingerprint density at radius 3 is 2.42 bits per heavy atom. The first-order valence-corrected chi connectivity index (χ1v) is 8.08. The van der Waals surface area contributed by atoms with Gasteiger partial charge in [-0.1, -0.05) is 54.1 Å². The Bertz CT molecular complexity index is 710. The number of nitrogens with one attached hydrogen (secondary N) is 1. The van der Waals surface area contributed by atoms with Gasteiger partial charge in [0.2, 0.25) is 5.91 Å². The molecule has 1 amide bonds. The van der Waals surface area contributed by atoms with Gasteiger partial charge in [-0.2, -0.15) is 0 Å². The average Bonchev–Trinajstić information content (AvgIpc) is 2.54. The zero-order valence-electron chi connectivity index (χ0n) is 14.1. The maximum atomic E-state index is 12.1. The summed E-state index contributed by atoms with van der Waals surface area (Å²) in [5, 5.41) is 12.0. The number of hydrogen-bond donors (Lipinski definition) is 2. The van der Waals surface area contributed by atoms with Crippen LogP contribution in [0.15, 0.2) is 48.5 Å². The minimum absolute atomic E-state index is 0.238. The molecule has 24 heavy (non-hydrogen) atoms. The first-order valence-electron chi connectivity index (χ1n) is 8.08. The number of carboxylic acids is 1. The molecule has 0 fully saturated rings. The SMILES string of the molecule is Cc1ccc(CCC(=O)N[C@H](Cc2ccccc2)C(=O)O)c(C)c1. The van der Waals surface area contributed by atoms with Crippen LogP contribution in [0.2, 0.25) is 0 Å². The maximum absolute atomic E-state index is 12.1. The van der Waals surface area contributed by atoms with E-state index in [0.717, 1.165) is 16.7 Å². The smallest absolute Gasteiger partial charge is 0.326 e. The van der Waals surface area contributed by atoms with Crippen LogP contribution in [0.25, 0.3) is 0 Å². The van der Waals surface area contributed by atoms with Crippen LogP contribution in [0.1, 0.15) is 28.7 Å². The Balaban J connectivity index is 1.92. The monoisotopic (exact) mass is 325 g/mol. The molecule has 0 unspecified atom stereocenters. The molecule has 2 aromatic rings. The van der Waals surface area contributed by atoms with E-state index >= 15 is 0 Å². The van der Waals surface area contributed by atoms with Gasteiger partial charge in [0.25, 0.3) is 0 Å². The van der Waals surface area contributed by atoms with E-state index in [2.05, 4.69) is 11.4 Å². The molecule has 0 saturated carbocycles. The lowest BCUT2D eigenvalue weighted by Gasteiger charge is -2.15. The normalized spacial score (nSPS) is 11.8. The summed E-state index contributed by atoms with van der Waals surface area (Å²) in [6, 6.07) is 14.5. The Morgan fingerprint density at radius 1 is 1.08 bits per heavy atom. The highest BCUT2D eigenvalue weighted by Gasteiger charge is 2.20. The number of aryl methyl sites for hydroxylation is 3. The molecule has 0 aliphatic rings. The lowest BCUT2D eigenvalue weighted by molar-refractivity contribution is -0.141. The lowest BCUT2D eigenvalue weighted by Crippen LogP contribution is -2.42. The number of aliphatic carboxylic acids is 1. The molecular formula is C20H23NO3. The van der Waals surface area contributed by atoms with Crippen LogP contribution in [-0.4, -0.2) is 23.0 Å². The molecular weight excluding hydrogens is 302 g/mol. The quantitative estimate of drug-likeness (QED) is 0.822. The number of hydrogen-bond acceptors (Lipinski definition) is 2. The summed E-state index contributed by atoms with van der Waals surface area (Å²) in [4.78, 5) is 23.5. The summed E-state index contributed by atoms with van der Waals surface area (Å²) >= 11 is 0. The fraction of sp³-hybridized carbons (Fsp3) is 0.300. The minimum atomic E-state index is -1.02. The minimum Gasteiger partial charge on any atom is -0.480 e. The number of carboxylic acid groups (broad SMARTS) is 1. The molecule has 4 heteroatoms. The van der Waals surface area contributed by atoms with E-state index in [1.807, 2.05) is 56.3 Å². The van der Waals surface area contributed by atoms with Crippen molar-refractivity contribution in [3.05, 3.63) is 70.8 Å². The van der Waals surface area contributed by atoms with E-state index < -0.39 is 12.0 Å². The van der Waals surface area contributed by atoms with Gasteiger partial charge in [-0.25, -0.2) is 4.79 Å². The van der Waals surface area contributed by atoms with Crippen molar-refractivity contribution in [2.75, 3.05) is 0 Å². The molecule has 0 bridgehead atoms. The standard InChI is InChI=1S/C20H23NO3/c1-14-8-9-17(15(2)12-14)10-11-19(22)21-18(20(23)24)13-16-6-4-3-5-7-16/h3-9,12,18H,10-11,13H2,1-2H3,(H,21,22)(H,23,24)/t18-/m1/s1. The van der Waals surface area contributed by atoms with Crippen LogP contribution in [0.3, 0.4) is 0 Å². The second-order valence-corrected chi connectivity index (χ2v) is 6.08. The molecule has 0 aliphatic carbocycles. The van der Waals surface area contributed by atoms with Gasteiger partial charge in [0.1, 0.15) is 6.04 Å². The van der Waals surface area contributed by atoms with Crippen LogP contribution in [0.4, 0.5) is 0 Å². The first kappa shape index (κ1) is 17.7. The molecule has 0 aliphatic heterocycles. The van der Waals surface area contributed by atoms with Crippen LogP contribution in [-0.2, 0) is 22.4 Å². The summed E-state index contributed by atoms with van der Waals surface area (Å²) in [6.45, 7) is 4.06. The highest BCUT2D eigenvalue weighted by molar-refractivity contribution is 5.83. The summed E-state index contributed by atoms with van der Waals surface area (Å²) < 4.78 is 0. The Morgan fingerprint density at radius 2 is 1.79 bits per heavy atom. The van der Waals surface area contributed by atoms with E-state index in [1.54, 1.807) is 0 Å². The van der Waals surface area contributed by atoms with Gasteiger partial charge in [-0.15, -0.1) is 0 Å². The zero-order chi connectivity index (χ0) is 17.5. The van der Waals surface area contributed by atoms with Crippen molar-refractivity contribution in [2.45, 2.75) is 39.2 Å². The highest BCUT2D eigenvalue weighted by Crippen LogP contribution is 2.12. The number of carbonyl (C=O) groups excluding carboxylic acids is 1. The molecule has 0 heterocycles. The topological polar surface area (TPSA) is 66.4 Å². The van der Waals surface area contributed by atoms with Gasteiger partial charge in [0.15, 0.2) is 0 Å². The maximum Gasteiger partial charge on any atom is 0.326 e. The lowest BCUT2D eigenvalue weighted by atomic mass is 10.0. The molecule has 4 nitrogen and oxygen atoms in total. The molecule has 1 atom stereocenters. The molecule has 0 spiro atoms. The van der Waals surface area contributed by atoms with E-state index in [9.17, 15) is 14.7 Å². The van der Waals surface area contributed by atoms with Gasteiger partial charge < -0.3 is 10.4 Å². The molecule has 0 saturated heterocycles. The van der Waals surface area contributed by atoms with Crippen molar-refractivity contribution in [3.63, 3.8) is 0 Å². The molecule has 0 radical (unpaired) electrons. The molecule has 2 aromatic carbocycles. The Kier molecular flexibility index (Phi) is 6.13. The largest absolute Gasteiger partial charge is 0.480 e. The number of rotatable bonds is 7. The predicted octanol–water partition coefficient (Wildman–Crippen LogP) is 3.05. The van der Waals surface area contributed by atoms with Crippen molar-refractivity contribution < 1.29 is 14.7 Å². The molecule has 2 rings (SSSR count). The van der Waals surface area contributed by atoms with Crippen molar-refractivity contribution >= 4 is 11.9 Å². The van der Waals surface area contributed by atoms with E-state index in [1.165, 1.54) is 5.56 Å². The second-order valence-electron chi connectivity index (χ2n) is 6.08. The van der Waals surface area contributed by atoms with E-state index in [-0.39, 0.29) is 18.7 Å². The summed E-state index contributed by atoms with van der Waals surface area (Å²) in [6.07, 6.45) is 1.17. The van der Waals surface area contributed by atoms with Crippen LogP contribution in [0, 0.1) is 13.8 Å². The molecule has 126 valence electrons.